The van der Waals surface area contributed by atoms with Crippen LogP contribution in [0.2, 0.25) is 4.63 Å². The molecular weight excluding hydrogens is 583 g/mol. The van der Waals surface area contributed by atoms with Gasteiger partial charge in [-0.3, -0.25) is 0 Å². The van der Waals surface area contributed by atoms with Gasteiger partial charge in [0.2, 0.25) is 0 Å². The van der Waals surface area contributed by atoms with Gasteiger partial charge in [0.05, 0.1) is 0 Å². The summed E-state index contributed by atoms with van der Waals surface area (Å²) in [6.07, 6.45) is 9.09. The molecule has 0 unspecified atom stereocenters. The Morgan fingerprint density at radius 2 is 1.42 bits per heavy atom. The standard InChI is InChI=1S/C21H25.C7H7.C5H5.CH3.CH2.2ClH.Zr/c1-20(2,3)16-9-7-14-11-15-8-10-17(21(4,5)6)13-19(15)18(14)12-16;1-7-5-3-2-4-6-7;1-2-4-5-3-1;;;;;/h7,9-10,12-13H,11H2,1-6H3;2-6H,1H2;1-3H,4H2;1H3;1H2;2*1H;. The van der Waals surface area contributed by atoms with Crippen LogP contribution in [0.25, 0.3) is 11.1 Å². The Hall–Kier alpha value is -1.53. The average Bonchev–Trinajstić information content (AvgIpc) is 3.46. The van der Waals surface area contributed by atoms with E-state index < -0.39 is 18.3 Å². The van der Waals surface area contributed by atoms with Crippen LogP contribution < -0.4 is 3.27 Å². The van der Waals surface area contributed by atoms with Crippen LogP contribution in [0.3, 0.4) is 0 Å². The van der Waals surface area contributed by atoms with Crippen LogP contribution in [0.4, 0.5) is 0 Å². The van der Waals surface area contributed by atoms with Gasteiger partial charge in [-0.1, -0.05) is 0 Å². The predicted octanol–water partition coefficient (Wildman–Crippen LogP) is 9.54. The third-order valence-corrected chi connectivity index (χ3v) is 22.6. The quantitative estimate of drug-likeness (QED) is 0.212. The van der Waals surface area contributed by atoms with Gasteiger partial charge < -0.3 is 0 Å². The first kappa shape index (κ1) is 31.0. The molecule has 2 aliphatic carbocycles. The fraction of sp³-hybridized carbons (Fsp3) is 0.343. The summed E-state index contributed by atoms with van der Waals surface area (Å²) in [6.45, 7) is 14.0. The Balaban J connectivity index is 0.00000200. The molecule has 0 fully saturated rings. The number of benzene rings is 3. The van der Waals surface area contributed by atoms with E-state index in [1.54, 1.807) is 12.1 Å². The summed E-state index contributed by atoms with van der Waals surface area (Å²) in [5.74, 6) is 0. The topological polar surface area (TPSA) is 0 Å². The van der Waals surface area contributed by atoms with Crippen molar-refractivity contribution in [2.45, 2.75) is 74.0 Å². The Bertz CT molecular complexity index is 1480. The van der Waals surface area contributed by atoms with Crippen LogP contribution in [-0.2, 0) is 39.7 Å². The monoisotopic (exact) mass is 624 g/mol. The summed E-state index contributed by atoms with van der Waals surface area (Å²) in [4.78, 5) is 0. The van der Waals surface area contributed by atoms with Gasteiger partial charge in [0.25, 0.3) is 0 Å². The summed E-state index contributed by atoms with van der Waals surface area (Å²) in [6, 6.07) is 23.5. The second-order valence-corrected chi connectivity index (χ2v) is 28.9. The van der Waals surface area contributed by atoms with Crippen molar-refractivity contribution in [2.24, 2.45) is 0 Å². The van der Waals surface area contributed by atoms with E-state index in [-0.39, 0.29) is 35.6 Å². The van der Waals surface area contributed by atoms with Crippen molar-refractivity contribution in [2.75, 3.05) is 0 Å². The number of hydrogen-bond acceptors (Lipinski definition) is 0. The maximum absolute atomic E-state index is 5.37. The number of allylic oxidation sites excluding steroid dienone is 4. The first-order valence-corrected chi connectivity index (χ1v) is 21.9. The third-order valence-electron chi connectivity index (χ3n) is 8.77. The summed E-state index contributed by atoms with van der Waals surface area (Å²) < 4.78 is 12.3. The van der Waals surface area contributed by atoms with E-state index in [0.717, 1.165) is 17.0 Å². The first-order chi connectivity index (χ1) is 16.8. The molecule has 2 aliphatic rings. The van der Waals surface area contributed by atoms with Crippen LogP contribution in [0.1, 0.15) is 75.8 Å². The maximum atomic E-state index is 5.37. The van der Waals surface area contributed by atoms with Gasteiger partial charge >= 0.3 is 221 Å². The summed E-state index contributed by atoms with van der Waals surface area (Å²) in [7, 11) is 0. The third kappa shape index (κ3) is 5.41. The Labute approximate surface area is 244 Å². The number of hydrogen-bond donors (Lipinski definition) is 0. The van der Waals surface area contributed by atoms with Crippen LogP contribution in [0, 0.1) is 0 Å². The van der Waals surface area contributed by atoms with Gasteiger partial charge in [0, 0.05) is 0 Å². The van der Waals surface area contributed by atoms with Crippen molar-refractivity contribution in [3.63, 3.8) is 0 Å². The molecule has 0 heterocycles. The normalized spacial score (nSPS) is 14.8. The molecule has 0 aliphatic heterocycles. The van der Waals surface area contributed by atoms with Gasteiger partial charge in [-0.15, -0.1) is 24.8 Å². The minimum atomic E-state index is -3.94. The van der Waals surface area contributed by atoms with Crippen molar-refractivity contribution in [3.05, 3.63) is 110 Å². The zero-order valence-electron chi connectivity index (χ0n) is 24.2. The zero-order chi connectivity index (χ0) is 26.0. The first-order valence-electron chi connectivity index (χ1n) is 13.5. The molecule has 0 saturated heterocycles. The van der Waals surface area contributed by atoms with Gasteiger partial charge in [-0.2, -0.15) is 0 Å². The molecule has 0 amide bonds. The fourth-order valence-corrected chi connectivity index (χ4v) is 18.8. The van der Waals surface area contributed by atoms with Crippen molar-refractivity contribution in [1.29, 1.82) is 0 Å². The molecule has 0 aromatic heterocycles. The number of halogens is 2. The second-order valence-electron chi connectivity index (χ2n) is 13.9. The van der Waals surface area contributed by atoms with Crippen molar-refractivity contribution in [1.82, 2.24) is 0 Å². The summed E-state index contributed by atoms with van der Waals surface area (Å²) in [5, 5.41) is 0. The predicted molar refractivity (Wildman–Crippen MR) is 171 cm³/mol. The molecular formula is C35H44Cl2Zr. The molecule has 5 rings (SSSR count). The van der Waals surface area contributed by atoms with Crippen LogP contribution >= 0.6 is 24.8 Å². The molecule has 0 radical (unpaired) electrons. The summed E-state index contributed by atoms with van der Waals surface area (Å²) >= 11 is -3.94. The van der Waals surface area contributed by atoms with E-state index in [0.29, 0.717) is 0 Å². The fourth-order valence-electron chi connectivity index (χ4n) is 6.34. The molecule has 0 spiro atoms. The molecule has 0 atom stereocenters. The molecule has 3 aromatic carbocycles. The molecule has 38 heavy (non-hydrogen) atoms. The van der Waals surface area contributed by atoms with Crippen molar-refractivity contribution in [3.8, 4) is 11.1 Å². The van der Waals surface area contributed by atoms with E-state index in [2.05, 4.69) is 125 Å². The number of rotatable bonds is 4. The van der Waals surface area contributed by atoms with E-state index in [9.17, 15) is 0 Å². The minimum absolute atomic E-state index is 0. The van der Waals surface area contributed by atoms with Gasteiger partial charge in [0.15, 0.2) is 0 Å². The molecule has 0 saturated carbocycles. The molecule has 202 valence electrons. The van der Waals surface area contributed by atoms with Crippen LogP contribution in [0.5, 0.6) is 0 Å². The van der Waals surface area contributed by atoms with Crippen molar-refractivity contribution >= 4 is 32.3 Å². The van der Waals surface area contributed by atoms with E-state index in [1.807, 2.05) is 0 Å². The molecule has 0 nitrogen and oxygen atoms in total. The van der Waals surface area contributed by atoms with Crippen LogP contribution in [-0.4, -0.2) is 4.21 Å². The summed E-state index contributed by atoms with van der Waals surface area (Å²) in [5.41, 5.74) is 10.4. The molecule has 3 aromatic rings. The van der Waals surface area contributed by atoms with Gasteiger partial charge in [-0.05, 0) is 0 Å². The van der Waals surface area contributed by atoms with Gasteiger partial charge in [-0.25, -0.2) is 0 Å². The Morgan fingerprint density at radius 3 is 2.00 bits per heavy atom. The van der Waals surface area contributed by atoms with E-state index >= 15 is 0 Å². The average molecular weight is 627 g/mol. The van der Waals surface area contributed by atoms with Gasteiger partial charge in [0.1, 0.15) is 0 Å². The van der Waals surface area contributed by atoms with Crippen molar-refractivity contribution < 1.29 is 18.3 Å². The van der Waals surface area contributed by atoms with E-state index in [4.69, 9.17) is 4.21 Å². The SMILES string of the molecule is Cl.Cl.[CH2]=[Zr]([CH3])([CH2]c1ccccc1)([C]1=CC=CC1)[c]1cc(C(C)(C)C)cc2c1Cc1ccc(C(C)(C)C)cc1-2. The van der Waals surface area contributed by atoms with E-state index in [1.165, 1.54) is 33.4 Å². The molecule has 0 N–H and O–H groups in total. The second kappa shape index (κ2) is 10.5. The zero-order valence-corrected chi connectivity index (χ0v) is 28.2. The Morgan fingerprint density at radius 1 is 0.789 bits per heavy atom. The number of fused-ring (bicyclic) bond motifs is 3. The Kier molecular flexibility index (Phi) is 8.54. The molecule has 0 bridgehead atoms. The molecule has 3 heteroatoms. The van der Waals surface area contributed by atoms with Crippen LogP contribution in [0.15, 0.2) is 82.2 Å².